The highest BCUT2D eigenvalue weighted by Crippen LogP contribution is 2.52. The number of hydrogen-bond acceptors (Lipinski definition) is 1. The maximum Gasteiger partial charge on any atom is 0.0726 e. The molecule has 0 aliphatic heterocycles. The number of aromatic nitrogens is 2. The summed E-state index contributed by atoms with van der Waals surface area (Å²) in [6.07, 6.45) is 0. The lowest BCUT2D eigenvalue weighted by atomic mass is 9.89. The van der Waals surface area contributed by atoms with Crippen LogP contribution in [0.5, 0.6) is 0 Å². The molecule has 264 valence electrons. The SMILES string of the molecule is c1ccc(-n2c3ccccc3c3cc(-c4cccc(-n5c6ccccc6c6c7c8ccccc8c8ccccc8c7c7c8ccccc8sc7c65)c4)ccc32)cc1. The molecule has 0 saturated heterocycles. The largest absolute Gasteiger partial charge is 0.309 e. The maximum atomic E-state index is 2.55. The van der Waals surface area contributed by atoms with E-state index in [1.807, 2.05) is 11.3 Å². The summed E-state index contributed by atoms with van der Waals surface area (Å²) in [5.74, 6) is 0. The van der Waals surface area contributed by atoms with Crippen LogP contribution in [0.25, 0.3) is 119 Å². The third kappa shape index (κ3) is 4.24. The van der Waals surface area contributed by atoms with Crippen molar-refractivity contribution in [2.24, 2.45) is 0 Å². The summed E-state index contributed by atoms with van der Waals surface area (Å²) in [6, 6.07) is 71.7. The van der Waals surface area contributed by atoms with Crippen molar-refractivity contribution in [3.8, 4) is 22.5 Å². The number of nitrogens with zero attached hydrogens (tertiary/aromatic N) is 2. The topological polar surface area (TPSA) is 9.86 Å². The third-order valence-electron chi connectivity index (χ3n) is 12.2. The standard InChI is InChI=1S/C54H32N2S/c1-2-16-35(17-3-1)55-45-26-11-8-21-39(45)44-32-34(29-30-47(44)55)33-15-14-18-36(31-33)56-46-27-12-9-24-42(46)51-49-40-22-6-4-19-37(40)38-20-5-7-23-41(38)50(49)52-43-25-10-13-28-48(43)57-54(52)53(51)56/h1-32H. The Morgan fingerprint density at radius 1 is 0.298 bits per heavy atom. The molecule has 0 fully saturated rings. The van der Waals surface area contributed by atoms with Gasteiger partial charge in [-0.25, -0.2) is 0 Å². The maximum absolute atomic E-state index is 2.55. The van der Waals surface area contributed by atoms with Crippen LogP contribution in [0, 0.1) is 0 Å². The van der Waals surface area contributed by atoms with E-state index >= 15 is 0 Å². The number of fused-ring (bicyclic) bond motifs is 18. The Hall–Kier alpha value is -7.20. The van der Waals surface area contributed by atoms with Crippen molar-refractivity contribution in [3.05, 3.63) is 194 Å². The molecule has 13 rings (SSSR count). The van der Waals surface area contributed by atoms with E-state index in [-0.39, 0.29) is 0 Å². The molecule has 0 aliphatic carbocycles. The first kappa shape index (κ1) is 31.1. The second-order valence-electron chi connectivity index (χ2n) is 15.2. The fourth-order valence-corrected chi connectivity index (χ4v) is 11.2. The van der Waals surface area contributed by atoms with Crippen LogP contribution >= 0.6 is 11.3 Å². The van der Waals surface area contributed by atoms with Crippen LogP contribution in [-0.4, -0.2) is 9.13 Å². The van der Waals surface area contributed by atoms with Gasteiger partial charge in [-0.1, -0.05) is 140 Å². The minimum absolute atomic E-state index is 1.16. The van der Waals surface area contributed by atoms with Gasteiger partial charge < -0.3 is 9.13 Å². The minimum Gasteiger partial charge on any atom is -0.309 e. The van der Waals surface area contributed by atoms with Crippen LogP contribution < -0.4 is 0 Å². The van der Waals surface area contributed by atoms with Crippen molar-refractivity contribution < 1.29 is 0 Å². The molecule has 0 N–H and O–H groups in total. The second kappa shape index (κ2) is 11.7. The van der Waals surface area contributed by atoms with Crippen molar-refractivity contribution >= 4 is 107 Å². The Labute approximate surface area is 331 Å². The van der Waals surface area contributed by atoms with Gasteiger partial charge in [0.1, 0.15) is 0 Å². The minimum atomic E-state index is 1.16. The molecular weight excluding hydrogens is 709 g/mol. The van der Waals surface area contributed by atoms with Crippen LogP contribution in [0.15, 0.2) is 194 Å². The van der Waals surface area contributed by atoms with Gasteiger partial charge in [0.05, 0.1) is 26.8 Å². The first-order valence-corrected chi connectivity index (χ1v) is 20.4. The van der Waals surface area contributed by atoms with Gasteiger partial charge in [-0.3, -0.25) is 0 Å². The van der Waals surface area contributed by atoms with Crippen molar-refractivity contribution in [2.75, 3.05) is 0 Å². The highest BCUT2D eigenvalue weighted by molar-refractivity contribution is 7.27. The van der Waals surface area contributed by atoms with Gasteiger partial charge in [0.25, 0.3) is 0 Å². The summed E-state index contributed by atoms with van der Waals surface area (Å²) < 4.78 is 7.58. The molecule has 0 aliphatic rings. The Kier molecular flexibility index (Phi) is 6.35. The zero-order valence-electron chi connectivity index (χ0n) is 30.8. The molecule has 0 radical (unpaired) electrons. The van der Waals surface area contributed by atoms with Gasteiger partial charge in [-0.15, -0.1) is 11.3 Å². The normalized spacial score (nSPS) is 12.2. The molecule has 2 nitrogen and oxygen atoms in total. The summed E-state index contributed by atoms with van der Waals surface area (Å²) in [7, 11) is 0. The quantitative estimate of drug-likeness (QED) is 0.160. The molecule has 0 saturated carbocycles. The molecular formula is C54H32N2S. The lowest BCUT2D eigenvalue weighted by molar-refractivity contribution is 1.18. The van der Waals surface area contributed by atoms with Crippen molar-refractivity contribution in [3.63, 3.8) is 0 Å². The summed E-state index contributed by atoms with van der Waals surface area (Å²) in [5.41, 5.74) is 9.66. The van der Waals surface area contributed by atoms with E-state index in [2.05, 4.69) is 203 Å². The molecule has 3 heteroatoms. The van der Waals surface area contributed by atoms with E-state index in [1.165, 1.54) is 113 Å². The molecule has 0 bridgehead atoms. The Morgan fingerprint density at radius 3 is 1.60 bits per heavy atom. The number of hydrogen-bond donors (Lipinski definition) is 0. The average molecular weight is 741 g/mol. The van der Waals surface area contributed by atoms with Gasteiger partial charge in [0.2, 0.25) is 0 Å². The smallest absolute Gasteiger partial charge is 0.0726 e. The van der Waals surface area contributed by atoms with Crippen molar-refractivity contribution in [2.45, 2.75) is 0 Å². The van der Waals surface area contributed by atoms with E-state index in [4.69, 9.17) is 0 Å². The Bertz CT molecular complexity index is 3810. The highest BCUT2D eigenvalue weighted by atomic mass is 32.1. The lowest BCUT2D eigenvalue weighted by Crippen LogP contribution is -1.95. The summed E-state index contributed by atoms with van der Waals surface area (Å²) in [5, 5.41) is 15.7. The van der Waals surface area contributed by atoms with E-state index < -0.39 is 0 Å². The zero-order valence-corrected chi connectivity index (χ0v) is 31.6. The average Bonchev–Trinajstić information content (AvgIpc) is 3.95. The van der Waals surface area contributed by atoms with Crippen molar-refractivity contribution in [1.82, 2.24) is 9.13 Å². The van der Waals surface area contributed by atoms with Gasteiger partial charge in [-0.2, -0.15) is 0 Å². The van der Waals surface area contributed by atoms with E-state index in [0.29, 0.717) is 0 Å². The number of para-hydroxylation sites is 3. The molecule has 0 unspecified atom stereocenters. The summed E-state index contributed by atoms with van der Waals surface area (Å²) in [6.45, 7) is 0. The molecule has 3 heterocycles. The second-order valence-corrected chi connectivity index (χ2v) is 16.2. The van der Waals surface area contributed by atoms with Crippen LogP contribution in [0.4, 0.5) is 0 Å². The van der Waals surface area contributed by atoms with Crippen molar-refractivity contribution in [1.29, 1.82) is 0 Å². The number of thiophene rings is 1. The predicted octanol–water partition coefficient (Wildman–Crippen LogP) is 15.4. The highest BCUT2D eigenvalue weighted by Gasteiger charge is 2.25. The van der Waals surface area contributed by atoms with Gasteiger partial charge in [0, 0.05) is 59.2 Å². The van der Waals surface area contributed by atoms with E-state index in [9.17, 15) is 0 Å². The van der Waals surface area contributed by atoms with Crippen LogP contribution in [0.3, 0.4) is 0 Å². The summed E-state index contributed by atoms with van der Waals surface area (Å²) in [4.78, 5) is 0. The summed E-state index contributed by atoms with van der Waals surface area (Å²) >= 11 is 1.92. The molecule has 13 aromatic rings. The van der Waals surface area contributed by atoms with Crippen LogP contribution in [0.1, 0.15) is 0 Å². The first-order chi connectivity index (χ1) is 28.3. The van der Waals surface area contributed by atoms with E-state index in [0.717, 1.165) is 5.69 Å². The van der Waals surface area contributed by atoms with Crippen LogP contribution in [-0.2, 0) is 0 Å². The first-order valence-electron chi connectivity index (χ1n) is 19.6. The molecule has 0 amide bonds. The third-order valence-corrected chi connectivity index (χ3v) is 13.4. The molecule has 0 atom stereocenters. The molecule has 0 spiro atoms. The predicted molar refractivity (Wildman–Crippen MR) is 246 cm³/mol. The van der Waals surface area contributed by atoms with Crippen LogP contribution in [0.2, 0.25) is 0 Å². The molecule has 57 heavy (non-hydrogen) atoms. The van der Waals surface area contributed by atoms with Gasteiger partial charge >= 0.3 is 0 Å². The molecule has 3 aromatic heterocycles. The number of rotatable bonds is 3. The monoisotopic (exact) mass is 740 g/mol. The zero-order chi connectivity index (χ0) is 37.2. The van der Waals surface area contributed by atoms with Gasteiger partial charge in [0.15, 0.2) is 0 Å². The van der Waals surface area contributed by atoms with E-state index in [1.54, 1.807) is 0 Å². The fraction of sp³-hybridized carbons (Fsp3) is 0. The Balaban J connectivity index is 1.15. The lowest BCUT2D eigenvalue weighted by Gasteiger charge is -2.15. The Morgan fingerprint density at radius 2 is 0.842 bits per heavy atom. The van der Waals surface area contributed by atoms with Gasteiger partial charge in [-0.05, 0) is 87.3 Å². The molecule has 10 aromatic carbocycles. The number of benzene rings is 10. The fourth-order valence-electron chi connectivity index (χ4n) is 9.93.